The van der Waals surface area contributed by atoms with Gasteiger partial charge in [0, 0.05) is 18.8 Å². The van der Waals surface area contributed by atoms with Gasteiger partial charge in [-0.05, 0) is 43.7 Å². The van der Waals surface area contributed by atoms with Crippen LogP contribution in [0.1, 0.15) is 29.8 Å². The average Bonchev–Trinajstić information content (AvgIpc) is 2.66. The van der Waals surface area contributed by atoms with Gasteiger partial charge in [0.15, 0.2) is 0 Å². The van der Waals surface area contributed by atoms with Crippen LogP contribution in [0.4, 0.5) is 8.78 Å². The summed E-state index contributed by atoms with van der Waals surface area (Å²) in [7, 11) is 1.54. The molecule has 2 aromatic carbocycles. The number of halogens is 2. The summed E-state index contributed by atoms with van der Waals surface area (Å²) in [5.74, 6) is -1.58. The van der Waals surface area contributed by atoms with E-state index in [0.29, 0.717) is 5.75 Å². The number of fused-ring (bicyclic) bond motifs is 1. The third-order valence-corrected chi connectivity index (χ3v) is 4.30. The number of pyridine rings is 1. The molecule has 0 bridgehead atoms. The van der Waals surface area contributed by atoms with Crippen LogP contribution in [0.15, 0.2) is 47.4 Å². The van der Waals surface area contributed by atoms with E-state index >= 15 is 0 Å². The number of carbonyl (C=O) groups excluding carboxylic acids is 1. The molecule has 0 saturated heterocycles. The normalized spacial score (nSPS) is 11.1. The fraction of sp³-hybridized carbons (Fsp3) is 0.238. The zero-order valence-corrected chi connectivity index (χ0v) is 15.8. The first-order chi connectivity index (χ1) is 13.3. The zero-order chi connectivity index (χ0) is 20.4. The fourth-order valence-electron chi connectivity index (χ4n) is 3.01. The number of nitrogens with zero attached hydrogens (tertiary/aromatic N) is 1. The summed E-state index contributed by atoms with van der Waals surface area (Å²) >= 11 is 0. The molecule has 1 heterocycles. The molecule has 1 N–H and O–H groups in total. The van der Waals surface area contributed by atoms with Crippen molar-refractivity contribution in [2.75, 3.05) is 7.11 Å². The van der Waals surface area contributed by atoms with Crippen LogP contribution in [-0.4, -0.2) is 23.6 Å². The molecule has 3 rings (SSSR count). The highest BCUT2D eigenvalue weighted by molar-refractivity contribution is 5.97. The molecule has 146 valence electrons. The second-order valence-corrected chi connectivity index (χ2v) is 6.73. The summed E-state index contributed by atoms with van der Waals surface area (Å²) in [6, 6.07) is 8.67. The largest absolute Gasteiger partial charge is 0.497 e. The molecular weight excluding hydrogens is 366 g/mol. The Kier molecular flexibility index (Phi) is 5.44. The van der Waals surface area contributed by atoms with Gasteiger partial charge < -0.3 is 14.6 Å². The molecule has 1 aromatic heterocycles. The van der Waals surface area contributed by atoms with Crippen LogP contribution in [-0.2, 0) is 6.54 Å². The Labute approximate surface area is 160 Å². The number of hydrogen-bond donors (Lipinski definition) is 1. The van der Waals surface area contributed by atoms with Crippen molar-refractivity contribution in [3.8, 4) is 5.75 Å². The highest BCUT2D eigenvalue weighted by Gasteiger charge is 2.21. The lowest BCUT2D eigenvalue weighted by Crippen LogP contribution is -2.34. The van der Waals surface area contributed by atoms with Gasteiger partial charge in [-0.1, -0.05) is 12.1 Å². The van der Waals surface area contributed by atoms with Gasteiger partial charge in [0.25, 0.3) is 5.91 Å². The SMILES string of the molecule is COc1ccc(Cn2cc(C(=O)NC(C)C)c(=O)c3c(F)ccc(F)c32)cc1. The van der Waals surface area contributed by atoms with E-state index in [0.717, 1.165) is 17.7 Å². The fourth-order valence-corrected chi connectivity index (χ4v) is 3.01. The minimum atomic E-state index is -0.871. The van der Waals surface area contributed by atoms with Crippen molar-refractivity contribution in [2.24, 2.45) is 0 Å². The molecule has 0 aliphatic carbocycles. The standard InChI is InChI=1S/C21H20F2N2O3/c1-12(2)24-21(27)15-11-25(10-13-4-6-14(28-3)7-5-13)19-17(23)9-8-16(22)18(19)20(15)26/h4-9,11-12H,10H2,1-3H3,(H,24,27). The number of benzene rings is 2. The predicted molar refractivity (Wildman–Crippen MR) is 103 cm³/mol. The quantitative estimate of drug-likeness (QED) is 0.730. The molecule has 1 amide bonds. The zero-order valence-electron chi connectivity index (χ0n) is 15.8. The van der Waals surface area contributed by atoms with Gasteiger partial charge in [-0.3, -0.25) is 9.59 Å². The lowest BCUT2D eigenvalue weighted by molar-refractivity contribution is 0.0941. The van der Waals surface area contributed by atoms with Crippen molar-refractivity contribution < 1.29 is 18.3 Å². The summed E-state index contributed by atoms with van der Waals surface area (Å²) in [4.78, 5) is 25.2. The van der Waals surface area contributed by atoms with Gasteiger partial charge >= 0.3 is 0 Å². The maximum atomic E-state index is 14.5. The Morgan fingerprint density at radius 1 is 1.11 bits per heavy atom. The van der Waals surface area contributed by atoms with Gasteiger partial charge in [0.05, 0.1) is 18.0 Å². The number of amides is 1. The Balaban J connectivity index is 2.21. The van der Waals surface area contributed by atoms with Crippen LogP contribution in [0.2, 0.25) is 0 Å². The van der Waals surface area contributed by atoms with Crippen LogP contribution >= 0.6 is 0 Å². The molecular formula is C21H20F2N2O3. The Bertz CT molecular complexity index is 1090. The Morgan fingerprint density at radius 2 is 1.75 bits per heavy atom. The first kappa shape index (κ1) is 19.5. The van der Waals surface area contributed by atoms with Crippen LogP contribution in [0.3, 0.4) is 0 Å². The molecule has 0 saturated carbocycles. The van der Waals surface area contributed by atoms with Crippen molar-refractivity contribution >= 4 is 16.8 Å². The van der Waals surface area contributed by atoms with E-state index in [1.54, 1.807) is 45.2 Å². The van der Waals surface area contributed by atoms with Gasteiger partial charge in [0.2, 0.25) is 5.43 Å². The van der Waals surface area contributed by atoms with E-state index in [1.165, 1.54) is 10.8 Å². The van der Waals surface area contributed by atoms with Crippen LogP contribution < -0.4 is 15.5 Å². The van der Waals surface area contributed by atoms with E-state index in [9.17, 15) is 18.4 Å². The number of carbonyl (C=O) groups is 1. The number of ether oxygens (including phenoxy) is 1. The summed E-state index contributed by atoms with van der Waals surface area (Å²) < 4.78 is 35.4. The molecule has 0 unspecified atom stereocenters. The maximum absolute atomic E-state index is 14.5. The lowest BCUT2D eigenvalue weighted by Gasteiger charge is -2.16. The topological polar surface area (TPSA) is 60.3 Å². The van der Waals surface area contributed by atoms with E-state index in [2.05, 4.69) is 5.32 Å². The third kappa shape index (κ3) is 3.74. The van der Waals surface area contributed by atoms with Crippen molar-refractivity contribution in [1.29, 1.82) is 0 Å². The second kappa shape index (κ2) is 7.80. The number of hydrogen-bond acceptors (Lipinski definition) is 3. The summed E-state index contributed by atoms with van der Waals surface area (Å²) in [6.07, 6.45) is 1.27. The Morgan fingerprint density at radius 3 is 2.36 bits per heavy atom. The monoisotopic (exact) mass is 386 g/mol. The van der Waals surface area contributed by atoms with Crippen molar-refractivity contribution in [3.63, 3.8) is 0 Å². The Hall–Kier alpha value is -3.22. The molecule has 0 fully saturated rings. The first-order valence-electron chi connectivity index (χ1n) is 8.76. The molecule has 0 aliphatic rings. The molecule has 0 atom stereocenters. The molecule has 7 heteroatoms. The molecule has 3 aromatic rings. The summed E-state index contributed by atoms with van der Waals surface area (Å²) in [5.41, 5.74) is -0.484. The van der Waals surface area contributed by atoms with Crippen LogP contribution in [0.25, 0.3) is 10.9 Å². The van der Waals surface area contributed by atoms with E-state index in [4.69, 9.17) is 4.74 Å². The van der Waals surface area contributed by atoms with Crippen molar-refractivity contribution in [2.45, 2.75) is 26.4 Å². The van der Waals surface area contributed by atoms with E-state index in [-0.39, 0.29) is 23.7 Å². The molecule has 0 spiro atoms. The number of rotatable bonds is 5. The number of aromatic nitrogens is 1. The smallest absolute Gasteiger partial charge is 0.256 e. The maximum Gasteiger partial charge on any atom is 0.256 e. The summed E-state index contributed by atoms with van der Waals surface area (Å²) in [5, 5.41) is 2.18. The second-order valence-electron chi connectivity index (χ2n) is 6.73. The van der Waals surface area contributed by atoms with Crippen LogP contribution in [0, 0.1) is 11.6 Å². The number of methoxy groups -OCH3 is 1. The van der Waals surface area contributed by atoms with Crippen molar-refractivity contribution in [1.82, 2.24) is 9.88 Å². The molecule has 5 nitrogen and oxygen atoms in total. The molecule has 0 radical (unpaired) electrons. The van der Waals surface area contributed by atoms with E-state index < -0.39 is 28.4 Å². The molecule has 28 heavy (non-hydrogen) atoms. The van der Waals surface area contributed by atoms with Gasteiger partial charge in [-0.25, -0.2) is 8.78 Å². The lowest BCUT2D eigenvalue weighted by atomic mass is 10.1. The van der Waals surface area contributed by atoms with Crippen molar-refractivity contribution in [3.05, 3.63) is 75.6 Å². The van der Waals surface area contributed by atoms with Gasteiger partial charge in [0.1, 0.15) is 22.9 Å². The summed E-state index contributed by atoms with van der Waals surface area (Å²) in [6.45, 7) is 3.63. The third-order valence-electron chi connectivity index (χ3n) is 4.30. The van der Waals surface area contributed by atoms with Crippen LogP contribution in [0.5, 0.6) is 5.75 Å². The molecule has 0 aliphatic heterocycles. The van der Waals surface area contributed by atoms with Gasteiger partial charge in [-0.2, -0.15) is 0 Å². The van der Waals surface area contributed by atoms with Gasteiger partial charge in [-0.15, -0.1) is 0 Å². The highest BCUT2D eigenvalue weighted by Crippen LogP contribution is 2.21. The average molecular weight is 386 g/mol. The first-order valence-corrected chi connectivity index (χ1v) is 8.76. The highest BCUT2D eigenvalue weighted by atomic mass is 19.1. The minimum absolute atomic E-state index is 0.142. The van der Waals surface area contributed by atoms with E-state index in [1.807, 2.05) is 0 Å². The number of nitrogens with one attached hydrogen (secondary N) is 1. The predicted octanol–water partition coefficient (Wildman–Crippen LogP) is 3.47. The minimum Gasteiger partial charge on any atom is -0.497 e.